The van der Waals surface area contributed by atoms with Gasteiger partial charge in [-0.1, -0.05) is 6.92 Å². The molecule has 0 radical (unpaired) electrons. The zero-order valence-electron chi connectivity index (χ0n) is 9.46. The summed E-state index contributed by atoms with van der Waals surface area (Å²) in [6.45, 7) is 4.61. The Balaban J connectivity index is 1.75. The van der Waals surface area contributed by atoms with Gasteiger partial charge in [0, 0.05) is 7.11 Å². The van der Waals surface area contributed by atoms with Crippen molar-refractivity contribution in [2.75, 3.05) is 20.2 Å². The van der Waals surface area contributed by atoms with E-state index in [4.69, 9.17) is 4.74 Å². The van der Waals surface area contributed by atoms with Crippen molar-refractivity contribution in [3.05, 3.63) is 0 Å². The van der Waals surface area contributed by atoms with Crippen LogP contribution in [0.25, 0.3) is 0 Å². The largest absolute Gasteiger partial charge is 0.381 e. The molecule has 2 atom stereocenters. The van der Waals surface area contributed by atoms with Crippen LogP contribution in [0.3, 0.4) is 0 Å². The van der Waals surface area contributed by atoms with Crippen LogP contribution in [-0.2, 0) is 4.74 Å². The first-order valence-electron chi connectivity index (χ1n) is 6.08. The SMILES string of the molecule is CCCNCC1CC(OC)C2CC1C2. The Bertz CT molecular complexity index is 177. The van der Waals surface area contributed by atoms with Gasteiger partial charge in [-0.2, -0.15) is 0 Å². The van der Waals surface area contributed by atoms with Crippen molar-refractivity contribution in [3.8, 4) is 0 Å². The molecule has 82 valence electrons. The van der Waals surface area contributed by atoms with Crippen molar-refractivity contribution >= 4 is 0 Å². The van der Waals surface area contributed by atoms with Crippen LogP contribution in [0.15, 0.2) is 0 Å². The first-order valence-corrected chi connectivity index (χ1v) is 6.08. The molecule has 3 saturated carbocycles. The molecular weight excluding hydrogens is 174 g/mol. The van der Waals surface area contributed by atoms with Gasteiger partial charge in [-0.25, -0.2) is 0 Å². The smallest absolute Gasteiger partial charge is 0.0602 e. The summed E-state index contributed by atoms with van der Waals surface area (Å²) in [4.78, 5) is 0. The molecule has 2 heteroatoms. The standard InChI is InChI=1S/C12H23NO/c1-3-4-13-8-11-7-12(14-2)10-5-9(11)6-10/h9-13H,3-8H2,1-2H3. The minimum atomic E-state index is 0.563. The van der Waals surface area contributed by atoms with Gasteiger partial charge in [0.15, 0.2) is 0 Å². The maximum absolute atomic E-state index is 5.55. The predicted molar refractivity (Wildman–Crippen MR) is 58.3 cm³/mol. The monoisotopic (exact) mass is 197 g/mol. The van der Waals surface area contributed by atoms with Crippen LogP contribution in [0.4, 0.5) is 0 Å². The lowest BCUT2D eigenvalue weighted by Crippen LogP contribution is -2.49. The summed E-state index contributed by atoms with van der Waals surface area (Å²) in [5, 5.41) is 3.55. The number of nitrogens with one attached hydrogen (secondary N) is 1. The molecule has 0 saturated heterocycles. The Morgan fingerprint density at radius 1 is 1.21 bits per heavy atom. The van der Waals surface area contributed by atoms with Gasteiger partial charge in [0.25, 0.3) is 0 Å². The predicted octanol–water partition coefficient (Wildman–Crippen LogP) is 2.05. The number of rotatable bonds is 5. The van der Waals surface area contributed by atoms with Crippen molar-refractivity contribution in [1.29, 1.82) is 0 Å². The Hall–Kier alpha value is -0.0800. The molecular formula is C12H23NO. The average Bonchev–Trinajstić information content (AvgIpc) is 2.16. The van der Waals surface area contributed by atoms with Crippen LogP contribution >= 0.6 is 0 Å². The first-order chi connectivity index (χ1) is 6.85. The van der Waals surface area contributed by atoms with Crippen molar-refractivity contribution in [2.24, 2.45) is 17.8 Å². The van der Waals surface area contributed by atoms with Gasteiger partial charge in [0.05, 0.1) is 6.10 Å². The molecule has 2 bridgehead atoms. The van der Waals surface area contributed by atoms with Crippen LogP contribution < -0.4 is 5.32 Å². The van der Waals surface area contributed by atoms with Crippen LogP contribution in [0, 0.1) is 17.8 Å². The van der Waals surface area contributed by atoms with Crippen LogP contribution in [0.5, 0.6) is 0 Å². The normalized spacial score (nSPS) is 40.7. The van der Waals surface area contributed by atoms with Crippen molar-refractivity contribution < 1.29 is 4.74 Å². The second-order valence-electron chi connectivity index (χ2n) is 4.97. The van der Waals surface area contributed by atoms with E-state index >= 15 is 0 Å². The maximum Gasteiger partial charge on any atom is 0.0602 e. The summed E-state index contributed by atoms with van der Waals surface area (Å²) >= 11 is 0. The molecule has 0 spiro atoms. The van der Waals surface area contributed by atoms with Crippen LogP contribution in [-0.4, -0.2) is 26.3 Å². The molecule has 0 heterocycles. The van der Waals surface area contributed by atoms with E-state index in [0.29, 0.717) is 6.10 Å². The first kappa shape index (κ1) is 10.4. The number of hydrogen-bond donors (Lipinski definition) is 1. The van der Waals surface area contributed by atoms with Gasteiger partial charge in [0.1, 0.15) is 0 Å². The maximum atomic E-state index is 5.55. The van der Waals surface area contributed by atoms with Gasteiger partial charge in [-0.15, -0.1) is 0 Å². The van der Waals surface area contributed by atoms with Crippen molar-refractivity contribution in [3.63, 3.8) is 0 Å². The summed E-state index contributed by atoms with van der Waals surface area (Å²) in [7, 11) is 1.87. The van der Waals surface area contributed by atoms with Gasteiger partial charge >= 0.3 is 0 Å². The van der Waals surface area contributed by atoms with Crippen LogP contribution in [0.2, 0.25) is 0 Å². The molecule has 0 aromatic carbocycles. The lowest BCUT2D eigenvalue weighted by molar-refractivity contribution is -0.0849. The molecule has 0 aromatic rings. The molecule has 3 rings (SSSR count). The van der Waals surface area contributed by atoms with E-state index in [1.807, 2.05) is 7.11 Å². The highest BCUT2D eigenvalue weighted by molar-refractivity contribution is 4.96. The third-order valence-corrected chi connectivity index (χ3v) is 4.07. The fourth-order valence-electron chi connectivity index (χ4n) is 3.08. The van der Waals surface area contributed by atoms with Crippen molar-refractivity contribution in [1.82, 2.24) is 5.32 Å². The van der Waals surface area contributed by atoms with Gasteiger partial charge in [-0.3, -0.25) is 0 Å². The summed E-state index contributed by atoms with van der Waals surface area (Å²) in [6.07, 6.45) is 5.96. The highest BCUT2D eigenvalue weighted by atomic mass is 16.5. The second kappa shape index (κ2) is 4.63. The zero-order valence-corrected chi connectivity index (χ0v) is 9.46. The number of hydrogen-bond acceptors (Lipinski definition) is 2. The van der Waals surface area contributed by atoms with Crippen LogP contribution in [0.1, 0.15) is 32.6 Å². The molecule has 3 aliphatic rings. The summed E-state index contributed by atoms with van der Waals surface area (Å²) in [5.74, 6) is 2.79. The van der Waals surface area contributed by atoms with E-state index in [2.05, 4.69) is 12.2 Å². The topological polar surface area (TPSA) is 21.3 Å². The molecule has 14 heavy (non-hydrogen) atoms. The lowest BCUT2D eigenvalue weighted by atomic mass is 9.58. The zero-order chi connectivity index (χ0) is 9.97. The van der Waals surface area contributed by atoms with E-state index in [9.17, 15) is 0 Å². The Morgan fingerprint density at radius 3 is 2.64 bits per heavy atom. The molecule has 0 aliphatic heterocycles. The minimum absolute atomic E-state index is 0.563. The summed E-state index contributed by atoms with van der Waals surface area (Å²) in [5.41, 5.74) is 0. The van der Waals surface area contributed by atoms with Gasteiger partial charge in [-0.05, 0) is 56.5 Å². The highest BCUT2D eigenvalue weighted by Crippen LogP contribution is 2.49. The fourth-order valence-corrected chi connectivity index (χ4v) is 3.08. The molecule has 1 N–H and O–H groups in total. The third-order valence-electron chi connectivity index (χ3n) is 4.07. The number of methoxy groups -OCH3 is 1. The minimum Gasteiger partial charge on any atom is -0.381 e. The van der Waals surface area contributed by atoms with E-state index in [-0.39, 0.29) is 0 Å². The lowest BCUT2D eigenvalue weighted by Gasteiger charge is -2.50. The third kappa shape index (κ3) is 1.96. The Labute approximate surface area is 87.4 Å². The molecule has 0 aromatic heterocycles. The molecule has 2 unspecified atom stereocenters. The van der Waals surface area contributed by atoms with Gasteiger partial charge < -0.3 is 10.1 Å². The fraction of sp³-hybridized carbons (Fsp3) is 1.00. The summed E-state index contributed by atoms with van der Waals surface area (Å²) in [6, 6.07) is 0. The second-order valence-corrected chi connectivity index (χ2v) is 4.97. The number of fused-ring (bicyclic) bond motifs is 2. The highest BCUT2D eigenvalue weighted by Gasteiger charge is 2.45. The Kier molecular flexibility index (Phi) is 3.45. The summed E-state index contributed by atoms with van der Waals surface area (Å²) < 4.78 is 5.55. The van der Waals surface area contributed by atoms with E-state index in [1.165, 1.54) is 38.8 Å². The van der Waals surface area contributed by atoms with E-state index in [0.717, 1.165) is 17.8 Å². The quantitative estimate of drug-likeness (QED) is 0.681. The van der Waals surface area contributed by atoms with Crippen molar-refractivity contribution in [2.45, 2.75) is 38.7 Å². The van der Waals surface area contributed by atoms with Gasteiger partial charge in [0.2, 0.25) is 0 Å². The number of ether oxygens (including phenoxy) is 1. The van der Waals surface area contributed by atoms with E-state index in [1.54, 1.807) is 0 Å². The molecule has 3 aliphatic carbocycles. The van der Waals surface area contributed by atoms with E-state index < -0.39 is 0 Å². The molecule has 0 amide bonds. The molecule has 2 nitrogen and oxygen atoms in total. The Morgan fingerprint density at radius 2 is 2.00 bits per heavy atom. The average molecular weight is 197 g/mol. The molecule has 3 fully saturated rings.